The van der Waals surface area contributed by atoms with E-state index in [-0.39, 0.29) is 27.0 Å². The molecule has 2 aromatic carbocycles. The zero-order chi connectivity index (χ0) is 15.6. The van der Waals surface area contributed by atoms with Gasteiger partial charge in [0.25, 0.3) is 15.7 Å². The van der Waals surface area contributed by atoms with Gasteiger partial charge in [-0.25, -0.2) is 8.42 Å². The normalized spacial score (nSPS) is 11.1. The van der Waals surface area contributed by atoms with E-state index in [1.54, 1.807) is 12.1 Å². The Labute approximate surface area is 125 Å². The number of nitrogens with two attached hydrogens (primary N) is 1. The molecule has 0 atom stereocenters. The highest BCUT2D eigenvalue weighted by Gasteiger charge is 2.22. The number of nitrogen functional groups attached to an aromatic ring is 1. The molecule has 0 amide bonds. The maximum absolute atomic E-state index is 12.3. The Bertz CT molecular complexity index is 808. The monoisotopic (exact) mass is 327 g/mol. The number of halogens is 1. The van der Waals surface area contributed by atoms with Crippen molar-refractivity contribution in [2.75, 3.05) is 10.5 Å². The number of anilines is 2. The number of non-ortho nitro benzene ring substituents is 1. The van der Waals surface area contributed by atoms with Crippen LogP contribution in [0.2, 0.25) is 5.02 Å². The molecule has 0 aliphatic carbocycles. The number of hydrogen-bond donors (Lipinski definition) is 2. The first-order valence-electron chi connectivity index (χ1n) is 5.62. The second-order valence-electron chi connectivity index (χ2n) is 4.06. The van der Waals surface area contributed by atoms with Crippen LogP contribution in [0.5, 0.6) is 0 Å². The van der Waals surface area contributed by atoms with E-state index in [2.05, 4.69) is 4.72 Å². The molecule has 0 heterocycles. The third-order valence-corrected chi connectivity index (χ3v) is 4.37. The first kappa shape index (κ1) is 15.1. The first-order valence-corrected chi connectivity index (χ1v) is 7.48. The van der Waals surface area contributed by atoms with Crippen molar-refractivity contribution in [3.05, 3.63) is 57.6 Å². The Morgan fingerprint density at radius 3 is 2.48 bits per heavy atom. The highest BCUT2D eigenvalue weighted by atomic mass is 35.5. The number of hydrogen-bond acceptors (Lipinski definition) is 5. The lowest BCUT2D eigenvalue weighted by molar-refractivity contribution is -0.385. The maximum atomic E-state index is 12.3. The van der Waals surface area contributed by atoms with Crippen LogP contribution in [-0.2, 0) is 10.0 Å². The summed E-state index contributed by atoms with van der Waals surface area (Å²) in [5.41, 5.74) is 5.28. The Morgan fingerprint density at radius 1 is 1.19 bits per heavy atom. The van der Waals surface area contributed by atoms with Gasteiger partial charge >= 0.3 is 0 Å². The fourth-order valence-corrected chi connectivity index (χ4v) is 3.08. The van der Waals surface area contributed by atoms with Crippen molar-refractivity contribution in [1.82, 2.24) is 0 Å². The highest BCUT2D eigenvalue weighted by Crippen LogP contribution is 2.28. The van der Waals surface area contributed by atoms with Crippen molar-refractivity contribution < 1.29 is 13.3 Å². The quantitative estimate of drug-likeness (QED) is 0.508. The Morgan fingerprint density at radius 2 is 1.86 bits per heavy atom. The summed E-state index contributed by atoms with van der Waals surface area (Å²) in [5, 5.41) is 10.9. The van der Waals surface area contributed by atoms with E-state index in [9.17, 15) is 18.5 Å². The summed E-state index contributed by atoms with van der Waals surface area (Å²) in [5.74, 6) is 0. The number of benzene rings is 2. The van der Waals surface area contributed by atoms with Gasteiger partial charge in [0.2, 0.25) is 0 Å². The summed E-state index contributed by atoms with van der Waals surface area (Å²) in [6.45, 7) is 0. The predicted molar refractivity (Wildman–Crippen MR) is 79.8 cm³/mol. The van der Waals surface area contributed by atoms with Gasteiger partial charge in [0, 0.05) is 12.1 Å². The fourth-order valence-electron chi connectivity index (χ4n) is 1.61. The fraction of sp³-hybridized carbons (Fsp3) is 0. The van der Waals surface area contributed by atoms with Crippen LogP contribution in [-0.4, -0.2) is 13.3 Å². The van der Waals surface area contributed by atoms with E-state index < -0.39 is 14.9 Å². The number of sulfonamides is 1. The minimum Gasteiger partial charge on any atom is -0.398 e. The van der Waals surface area contributed by atoms with E-state index in [0.29, 0.717) is 0 Å². The molecule has 0 unspecified atom stereocenters. The molecule has 3 N–H and O–H groups in total. The van der Waals surface area contributed by atoms with Crippen LogP contribution in [0.25, 0.3) is 0 Å². The second-order valence-corrected chi connectivity index (χ2v) is 6.12. The SMILES string of the molecule is Nc1ccc([N+](=O)[O-])cc1S(=O)(=O)Nc1ccccc1Cl. The van der Waals surface area contributed by atoms with Crippen LogP contribution in [0.15, 0.2) is 47.4 Å². The third kappa shape index (κ3) is 3.23. The summed E-state index contributed by atoms with van der Waals surface area (Å²) < 4.78 is 26.8. The molecule has 0 radical (unpaired) electrons. The van der Waals surface area contributed by atoms with Crippen molar-refractivity contribution in [2.24, 2.45) is 0 Å². The molecule has 9 heteroatoms. The molecule has 110 valence electrons. The average Bonchev–Trinajstić information content (AvgIpc) is 2.41. The van der Waals surface area contributed by atoms with Gasteiger partial charge in [-0.2, -0.15) is 0 Å². The molecule has 0 saturated carbocycles. The summed E-state index contributed by atoms with van der Waals surface area (Å²) in [7, 11) is -4.09. The Kier molecular flexibility index (Phi) is 4.01. The zero-order valence-electron chi connectivity index (χ0n) is 10.5. The molecule has 0 aliphatic heterocycles. The average molecular weight is 328 g/mol. The molecule has 7 nitrogen and oxygen atoms in total. The van der Waals surface area contributed by atoms with Gasteiger partial charge in [0.1, 0.15) is 4.90 Å². The van der Waals surface area contributed by atoms with E-state index >= 15 is 0 Å². The van der Waals surface area contributed by atoms with E-state index in [0.717, 1.165) is 12.1 Å². The highest BCUT2D eigenvalue weighted by molar-refractivity contribution is 7.92. The van der Waals surface area contributed by atoms with Crippen LogP contribution in [0.4, 0.5) is 17.1 Å². The van der Waals surface area contributed by atoms with Crippen molar-refractivity contribution in [3.63, 3.8) is 0 Å². The molecule has 0 aliphatic rings. The number of nitro groups is 1. The smallest absolute Gasteiger partial charge is 0.270 e. The van der Waals surface area contributed by atoms with Crippen LogP contribution in [0.3, 0.4) is 0 Å². The van der Waals surface area contributed by atoms with E-state index in [1.807, 2.05) is 0 Å². The Hall–Kier alpha value is -2.32. The molecule has 2 aromatic rings. The molecule has 0 aromatic heterocycles. The maximum Gasteiger partial charge on any atom is 0.270 e. The molecule has 0 fully saturated rings. The van der Waals surface area contributed by atoms with Crippen LogP contribution in [0.1, 0.15) is 0 Å². The minimum atomic E-state index is -4.09. The standard InChI is InChI=1S/C12H10ClN3O4S/c13-9-3-1-2-4-11(9)15-21(19,20)12-7-8(16(17)18)5-6-10(12)14/h1-7,15H,14H2. The van der Waals surface area contributed by atoms with Gasteiger partial charge in [-0.1, -0.05) is 23.7 Å². The lowest BCUT2D eigenvalue weighted by atomic mass is 10.3. The largest absolute Gasteiger partial charge is 0.398 e. The van der Waals surface area contributed by atoms with Gasteiger partial charge in [0.15, 0.2) is 0 Å². The molecule has 0 spiro atoms. The summed E-state index contributed by atoms with van der Waals surface area (Å²) >= 11 is 5.87. The molecule has 2 rings (SSSR count). The van der Waals surface area contributed by atoms with Crippen LogP contribution < -0.4 is 10.5 Å². The lowest BCUT2D eigenvalue weighted by Gasteiger charge is -2.11. The third-order valence-electron chi connectivity index (χ3n) is 2.62. The van der Waals surface area contributed by atoms with Gasteiger partial charge in [-0.3, -0.25) is 14.8 Å². The number of nitrogens with one attached hydrogen (secondary N) is 1. The number of para-hydroxylation sites is 1. The van der Waals surface area contributed by atoms with Gasteiger partial charge < -0.3 is 5.73 Å². The van der Waals surface area contributed by atoms with Crippen LogP contribution >= 0.6 is 11.6 Å². The van der Waals surface area contributed by atoms with Crippen molar-refractivity contribution in [2.45, 2.75) is 4.90 Å². The van der Waals surface area contributed by atoms with Gasteiger partial charge in [-0.05, 0) is 18.2 Å². The first-order chi connectivity index (χ1) is 9.81. The van der Waals surface area contributed by atoms with E-state index in [1.165, 1.54) is 18.2 Å². The topological polar surface area (TPSA) is 115 Å². The Balaban J connectivity index is 2.47. The number of rotatable bonds is 4. The molecule has 21 heavy (non-hydrogen) atoms. The van der Waals surface area contributed by atoms with Crippen molar-refractivity contribution in [1.29, 1.82) is 0 Å². The summed E-state index contributed by atoms with van der Waals surface area (Å²) in [6, 6.07) is 9.41. The summed E-state index contributed by atoms with van der Waals surface area (Å²) in [6.07, 6.45) is 0. The summed E-state index contributed by atoms with van der Waals surface area (Å²) in [4.78, 5) is 9.65. The predicted octanol–water partition coefficient (Wildman–Crippen LogP) is 2.63. The number of nitrogens with zero attached hydrogens (tertiary/aromatic N) is 1. The lowest BCUT2D eigenvalue weighted by Crippen LogP contribution is -2.15. The molecular weight excluding hydrogens is 318 g/mol. The second kappa shape index (κ2) is 5.58. The zero-order valence-corrected chi connectivity index (χ0v) is 12.1. The minimum absolute atomic E-state index is 0.0971. The van der Waals surface area contributed by atoms with E-state index in [4.69, 9.17) is 17.3 Å². The molecule has 0 saturated heterocycles. The molecular formula is C12H10ClN3O4S. The van der Waals surface area contributed by atoms with Gasteiger partial charge in [0.05, 0.1) is 21.3 Å². The van der Waals surface area contributed by atoms with Crippen molar-refractivity contribution >= 4 is 38.7 Å². The molecule has 0 bridgehead atoms. The van der Waals surface area contributed by atoms with Crippen LogP contribution in [0, 0.1) is 10.1 Å². The van der Waals surface area contributed by atoms with Gasteiger partial charge in [-0.15, -0.1) is 0 Å². The van der Waals surface area contributed by atoms with Crippen molar-refractivity contribution in [3.8, 4) is 0 Å². The number of nitro benzene ring substituents is 1.